The van der Waals surface area contributed by atoms with Crippen molar-refractivity contribution in [1.29, 1.82) is 0 Å². The minimum absolute atomic E-state index is 0.146. The summed E-state index contributed by atoms with van der Waals surface area (Å²) >= 11 is 0. The third kappa shape index (κ3) is 4.69. The van der Waals surface area contributed by atoms with Gasteiger partial charge in [-0.3, -0.25) is 4.79 Å². The summed E-state index contributed by atoms with van der Waals surface area (Å²) in [5, 5.41) is 0. The SMILES string of the molecule is CN(Cc1ccccc1N1CCCCC1)C(=O)c1cc(S(=O)(=O)N2CCOCC2)cn1C. The zero-order chi connectivity index (χ0) is 22.7. The van der Waals surface area contributed by atoms with E-state index in [9.17, 15) is 13.2 Å². The molecule has 2 aliphatic rings. The van der Waals surface area contributed by atoms with Gasteiger partial charge in [-0.15, -0.1) is 0 Å². The molecule has 0 atom stereocenters. The molecule has 1 aromatic carbocycles. The van der Waals surface area contributed by atoms with Crippen LogP contribution in [0.25, 0.3) is 0 Å². The first-order chi connectivity index (χ1) is 15.4. The van der Waals surface area contributed by atoms with Crippen LogP contribution in [-0.4, -0.2) is 74.5 Å². The number of carbonyl (C=O) groups is 1. The maximum Gasteiger partial charge on any atom is 0.270 e. The van der Waals surface area contributed by atoms with Crippen molar-refractivity contribution in [2.24, 2.45) is 7.05 Å². The molecule has 1 amide bonds. The Morgan fingerprint density at radius 1 is 1.06 bits per heavy atom. The third-order valence-electron chi connectivity index (χ3n) is 6.25. The summed E-state index contributed by atoms with van der Waals surface area (Å²) in [6.45, 7) is 3.96. The topological polar surface area (TPSA) is 75.1 Å². The fraction of sp³-hybridized carbons (Fsp3) is 0.522. The van der Waals surface area contributed by atoms with E-state index in [4.69, 9.17) is 4.74 Å². The number of aryl methyl sites for hydroxylation is 1. The van der Waals surface area contributed by atoms with E-state index in [1.54, 1.807) is 23.6 Å². The van der Waals surface area contributed by atoms with Crippen LogP contribution < -0.4 is 4.90 Å². The zero-order valence-corrected chi connectivity index (χ0v) is 19.7. The van der Waals surface area contributed by atoms with E-state index >= 15 is 0 Å². The van der Waals surface area contributed by atoms with E-state index in [1.165, 1.54) is 41.5 Å². The van der Waals surface area contributed by atoms with Gasteiger partial charge in [0.1, 0.15) is 10.6 Å². The summed E-state index contributed by atoms with van der Waals surface area (Å²) in [5.74, 6) is -0.204. The van der Waals surface area contributed by atoms with Crippen molar-refractivity contribution < 1.29 is 17.9 Å². The first kappa shape index (κ1) is 22.8. The van der Waals surface area contributed by atoms with E-state index in [-0.39, 0.29) is 10.8 Å². The maximum atomic E-state index is 13.2. The second kappa shape index (κ2) is 9.64. The van der Waals surface area contributed by atoms with Gasteiger partial charge < -0.3 is 19.1 Å². The molecule has 2 aliphatic heterocycles. The van der Waals surface area contributed by atoms with Crippen LogP contribution in [0.3, 0.4) is 0 Å². The predicted molar refractivity (Wildman–Crippen MR) is 123 cm³/mol. The number of piperidine rings is 1. The van der Waals surface area contributed by atoms with Crippen LogP contribution in [0.15, 0.2) is 41.4 Å². The highest BCUT2D eigenvalue weighted by atomic mass is 32.2. The van der Waals surface area contributed by atoms with Gasteiger partial charge in [-0.1, -0.05) is 18.2 Å². The van der Waals surface area contributed by atoms with Crippen LogP contribution >= 0.6 is 0 Å². The lowest BCUT2D eigenvalue weighted by atomic mass is 10.1. The first-order valence-electron chi connectivity index (χ1n) is 11.2. The third-order valence-corrected chi connectivity index (χ3v) is 8.11. The summed E-state index contributed by atoms with van der Waals surface area (Å²) < 4.78 is 34.2. The largest absolute Gasteiger partial charge is 0.379 e. The van der Waals surface area contributed by atoms with Gasteiger partial charge >= 0.3 is 0 Å². The van der Waals surface area contributed by atoms with Gasteiger partial charge in [0.05, 0.1) is 13.2 Å². The fourth-order valence-electron chi connectivity index (χ4n) is 4.43. The second-order valence-electron chi connectivity index (χ2n) is 8.53. The van der Waals surface area contributed by atoms with Gasteiger partial charge in [0.2, 0.25) is 10.0 Å². The van der Waals surface area contributed by atoms with Crippen LogP contribution in [0.2, 0.25) is 0 Å². The number of hydrogen-bond donors (Lipinski definition) is 0. The van der Waals surface area contributed by atoms with Crippen molar-refractivity contribution in [2.45, 2.75) is 30.7 Å². The summed E-state index contributed by atoms with van der Waals surface area (Å²) in [7, 11) is -0.176. The van der Waals surface area contributed by atoms with Gasteiger partial charge in [-0.05, 0) is 37.0 Å². The van der Waals surface area contributed by atoms with Crippen molar-refractivity contribution in [3.05, 3.63) is 47.8 Å². The van der Waals surface area contributed by atoms with Crippen molar-refractivity contribution in [3.8, 4) is 0 Å². The fourth-order valence-corrected chi connectivity index (χ4v) is 5.91. The summed E-state index contributed by atoms with van der Waals surface area (Å²) in [4.78, 5) is 17.4. The first-order valence-corrected chi connectivity index (χ1v) is 12.6. The van der Waals surface area contributed by atoms with E-state index in [1.807, 2.05) is 12.1 Å². The molecule has 1 aromatic heterocycles. The minimum Gasteiger partial charge on any atom is -0.379 e. The molecule has 0 unspecified atom stereocenters. The van der Waals surface area contributed by atoms with Crippen LogP contribution in [0.1, 0.15) is 35.3 Å². The molecule has 4 rings (SSSR count). The number of benzene rings is 1. The predicted octanol–water partition coefficient (Wildman–Crippen LogP) is 2.31. The summed E-state index contributed by atoms with van der Waals surface area (Å²) in [6, 6.07) is 9.70. The number of aromatic nitrogens is 1. The molecule has 3 heterocycles. The Morgan fingerprint density at radius 3 is 2.47 bits per heavy atom. The molecule has 2 fully saturated rings. The molecule has 2 saturated heterocycles. The van der Waals surface area contributed by atoms with Crippen LogP contribution in [0.4, 0.5) is 5.69 Å². The number of ether oxygens (including phenoxy) is 1. The number of sulfonamides is 1. The van der Waals surface area contributed by atoms with Gasteiger partial charge in [0.25, 0.3) is 5.91 Å². The smallest absolute Gasteiger partial charge is 0.270 e. The number of morpholine rings is 1. The highest BCUT2D eigenvalue weighted by Gasteiger charge is 2.29. The number of nitrogens with zero attached hydrogens (tertiary/aromatic N) is 4. The van der Waals surface area contributed by atoms with Gasteiger partial charge in [-0.2, -0.15) is 4.31 Å². The normalized spacial score (nSPS) is 18.0. The Bertz CT molecular complexity index is 1050. The lowest BCUT2D eigenvalue weighted by molar-refractivity contribution is 0.0730. The lowest BCUT2D eigenvalue weighted by Gasteiger charge is -2.31. The zero-order valence-electron chi connectivity index (χ0n) is 18.9. The van der Waals surface area contributed by atoms with Crippen molar-refractivity contribution in [2.75, 3.05) is 51.3 Å². The Hall–Kier alpha value is -2.36. The monoisotopic (exact) mass is 460 g/mol. The number of para-hydroxylation sites is 1. The van der Waals surface area contributed by atoms with Crippen molar-refractivity contribution in [1.82, 2.24) is 13.8 Å². The quantitative estimate of drug-likeness (QED) is 0.661. The van der Waals surface area contributed by atoms with Crippen LogP contribution in [-0.2, 0) is 28.4 Å². The van der Waals surface area contributed by atoms with Gasteiger partial charge in [0, 0.05) is 58.7 Å². The summed E-state index contributed by atoms with van der Waals surface area (Å²) in [5.41, 5.74) is 2.63. The molecule has 32 heavy (non-hydrogen) atoms. The Labute approximate surface area is 190 Å². The van der Waals surface area contributed by atoms with E-state index in [0.717, 1.165) is 18.7 Å². The molecule has 0 spiro atoms. The average Bonchev–Trinajstić information content (AvgIpc) is 3.22. The molecule has 0 N–H and O–H groups in total. The number of carbonyl (C=O) groups excluding carboxylic acids is 1. The second-order valence-corrected chi connectivity index (χ2v) is 10.5. The van der Waals surface area contributed by atoms with Crippen molar-refractivity contribution >= 4 is 21.6 Å². The van der Waals surface area contributed by atoms with Crippen LogP contribution in [0, 0.1) is 0 Å². The van der Waals surface area contributed by atoms with Crippen LogP contribution in [0.5, 0.6) is 0 Å². The van der Waals surface area contributed by atoms with E-state index < -0.39 is 10.0 Å². The average molecular weight is 461 g/mol. The Balaban J connectivity index is 1.52. The molecule has 174 valence electrons. The highest BCUT2D eigenvalue weighted by Crippen LogP contribution is 2.26. The molecule has 2 aromatic rings. The summed E-state index contributed by atoms with van der Waals surface area (Å²) in [6.07, 6.45) is 5.16. The maximum absolute atomic E-state index is 13.2. The molecular weight excluding hydrogens is 428 g/mol. The molecular formula is C23H32N4O4S. The molecule has 0 bridgehead atoms. The molecule has 8 nitrogen and oxygen atoms in total. The molecule has 0 saturated carbocycles. The number of hydrogen-bond acceptors (Lipinski definition) is 5. The lowest BCUT2D eigenvalue weighted by Crippen LogP contribution is -2.40. The standard InChI is InChI=1S/C23H32N4O4S/c1-24-18-20(32(29,30)27-12-14-31-15-13-27)16-22(24)23(28)25(2)17-19-8-4-5-9-21(19)26-10-6-3-7-11-26/h4-5,8-9,16,18H,3,6-7,10-15,17H2,1-2H3. The molecule has 0 aliphatic carbocycles. The van der Waals surface area contributed by atoms with E-state index in [2.05, 4.69) is 17.0 Å². The number of anilines is 1. The van der Waals surface area contributed by atoms with Gasteiger partial charge in [-0.25, -0.2) is 8.42 Å². The molecule has 0 radical (unpaired) electrons. The Morgan fingerprint density at radius 2 is 1.75 bits per heavy atom. The number of amides is 1. The molecule has 9 heteroatoms. The Kier molecular flexibility index (Phi) is 6.88. The minimum atomic E-state index is -3.65. The van der Waals surface area contributed by atoms with Crippen molar-refractivity contribution in [3.63, 3.8) is 0 Å². The number of rotatable bonds is 6. The van der Waals surface area contributed by atoms with Gasteiger partial charge in [0.15, 0.2) is 0 Å². The highest BCUT2D eigenvalue weighted by molar-refractivity contribution is 7.89. The van der Waals surface area contributed by atoms with E-state index in [0.29, 0.717) is 38.5 Å².